The first-order chi connectivity index (χ1) is 24.3. The highest BCUT2D eigenvalue weighted by atomic mass is 33.1. The summed E-state index contributed by atoms with van der Waals surface area (Å²) in [5, 5.41) is 3.70. The highest BCUT2D eigenvalue weighted by molar-refractivity contribution is 8.77. The lowest BCUT2D eigenvalue weighted by Crippen LogP contribution is -2.27. The second-order valence-electron chi connectivity index (χ2n) is 10.7. The smallest absolute Gasteiger partial charge is 0.220 e. The van der Waals surface area contributed by atoms with E-state index in [0.717, 1.165) is 18.1 Å². The van der Waals surface area contributed by atoms with Crippen molar-refractivity contribution in [1.29, 1.82) is 0 Å². The molecule has 1 heterocycles. The maximum Gasteiger partial charge on any atom is 0.220 e. The van der Waals surface area contributed by atoms with Crippen LogP contribution in [0.5, 0.6) is 0 Å². The Morgan fingerprint density at radius 3 is 1.18 bits per heavy atom. The summed E-state index contributed by atoms with van der Waals surface area (Å²) in [6.07, 6.45) is 5.22. The highest BCUT2D eigenvalue weighted by Crippen LogP contribution is 2.39. The van der Waals surface area contributed by atoms with Crippen LogP contribution in [0.25, 0.3) is 0 Å². The molecule has 0 aromatic carbocycles. The third kappa shape index (κ3) is 37.3. The lowest BCUT2D eigenvalue weighted by atomic mass is 10.1. The van der Waals surface area contributed by atoms with Crippen LogP contribution in [0.3, 0.4) is 0 Å². The van der Waals surface area contributed by atoms with E-state index in [2.05, 4.69) is 5.32 Å². The minimum absolute atomic E-state index is 0.109. The molecule has 1 aliphatic heterocycles. The fourth-order valence-electron chi connectivity index (χ4n) is 4.02. The van der Waals surface area contributed by atoms with Crippen molar-refractivity contribution in [3.05, 3.63) is 0 Å². The molecule has 14 nitrogen and oxygen atoms in total. The molecule has 1 amide bonds. The maximum absolute atomic E-state index is 11.9. The van der Waals surface area contributed by atoms with Crippen LogP contribution in [0.15, 0.2) is 0 Å². The van der Waals surface area contributed by atoms with Crippen molar-refractivity contribution >= 4 is 27.5 Å². The number of ether oxygens (including phenoxy) is 12. The van der Waals surface area contributed by atoms with E-state index >= 15 is 0 Å². The van der Waals surface area contributed by atoms with Crippen LogP contribution in [0, 0.1) is 0 Å². The van der Waals surface area contributed by atoms with Gasteiger partial charge in [0.25, 0.3) is 0 Å². The molecule has 0 aromatic heterocycles. The standard InChI is InChI=1S/C33H65NO13S2/c1-36-9-10-38-13-14-40-17-18-42-21-22-44-25-26-46-29-30-47-28-27-45-24-23-43-20-19-41-16-15-39-12-11-37-8-7-34-33(35)5-3-2-4-32-6-31-48-49-32/h32H,2-31H2,1H3,(H,34,35). The second-order valence-corrected chi connectivity index (χ2v) is 13.4. The van der Waals surface area contributed by atoms with E-state index in [1.54, 1.807) is 7.11 Å². The van der Waals surface area contributed by atoms with E-state index in [-0.39, 0.29) is 5.91 Å². The summed E-state index contributed by atoms with van der Waals surface area (Å²) in [7, 11) is 5.62. The van der Waals surface area contributed by atoms with Gasteiger partial charge in [0.2, 0.25) is 5.91 Å². The molecule has 0 bridgehead atoms. The van der Waals surface area contributed by atoms with Gasteiger partial charge in [-0.25, -0.2) is 0 Å². The number of rotatable bonds is 41. The summed E-state index contributed by atoms with van der Waals surface area (Å²) >= 11 is 0. The predicted octanol–water partition coefficient (Wildman–Crippen LogP) is 2.65. The molecule has 1 saturated heterocycles. The first-order valence-electron chi connectivity index (χ1n) is 17.7. The minimum atomic E-state index is 0.109. The Hall–Kier alpha value is -0.310. The molecule has 0 spiro atoms. The molecular formula is C33H65NO13S2. The lowest BCUT2D eigenvalue weighted by molar-refractivity contribution is -0.121. The van der Waals surface area contributed by atoms with E-state index < -0.39 is 0 Å². The van der Waals surface area contributed by atoms with Gasteiger partial charge < -0.3 is 62.2 Å². The van der Waals surface area contributed by atoms with Crippen LogP contribution in [-0.2, 0) is 61.6 Å². The van der Waals surface area contributed by atoms with E-state index in [9.17, 15) is 4.79 Å². The molecule has 1 N–H and O–H groups in total. The number of methoxy groups -OCH3 is 1. The fourth-order valence-corrected chi connectivity index (χ4v) is 7.04. The average Bonchev–Trinajstić information content (AvgIpc) is 3.64. The molecular weight excluding hydrogens is 682 g/mol. The summed E-state index contributed by atoms with van der Waals surface area (Å²) in [5.74, 6) is 1.38. The zero-order chi connectivity index (χ0) is 35.0. The first kappa shape index (κ1) is 46.7. The van der Waals surface area contributed by atoms with Crippen molar-refractivity contribution in [3.8, 4) is 0 Å². The van der Waals surface area contributed by atoms with Crippen molar-refractivity contribution in [2.75, 3.05) is 171 Å². The second kappa shape index (κ2) is 40.5. The Bertz CT molecular complexity index is 670. The lowest BCUT2D eigenvalue weighted by Gasteiger charge is -2.09. The monoisotopic (exact) mass is 747 g/mol. The van der Waals surface area contributed by atoms with Gasteiger partial charge in [0.15, 0.2) is 0 Å². The van der Waals surface area contributed by atoms with Crippen LogP contribution >= 0.6 is 21.6 Å². The van der Waals surface area contributed by atoms with Crippen LogP contribution in [-0.4, -0.2) is 183 Å². The number of unbranched alkanes of at least 4 members (excludes halogenated alkanes) is 1. The topological polar surface area (TPSA) is 140 Å². The van der Waals surface area contributed by atoms with E-state index in [0.29, 0.717) is 165 Å². The highest BCUT2D eigenvalue weighted by Gasteiger charge is 2.15. The molecule has 1 unspecified atom stereocenters. The number of amides is 1. The zero-order valence-corrected chi connectivity index (χ0v) is 31.5. The molecule has 292 valence electrons. The van der Waals surface area contributed by atoms with Crippen molar-refractivity contribution in [2.45, 2.75) is 37.4 Å². The van der Waals surface area contributed by atoms with Crippen LogP contribution in [0.2, 0.25) is 0 Å². The van der Waals surface area contributed by atoms with Crippen molar-refractivity contribution in [3.63, 3.8) is 0 Å². The van der Waals surface area contributed by atoms with Crippen LogP contribution in [0.1, 0.15) is 32.1 Å². The zero-order valence-electron chi connectivity index (χ0n) is 29.9. The van der Waals surface area contributed by atoms with Gasteiger partial charge >= 0.3 is 0 Å². The first-order valence-corrected chi connectivity index (χ1v) is 20.1. The number of hydrogen-bond donors (Lipinski definition) is 1. The van der Waals surface area contributed by atoms with Gasteiger partial charge in [-0.3, -0.25) is 4.79 Å². The largest absolute Gasteiger partial charge is 0.382 e. The number of carbonyl (C=O) groups is 1. The quantitative estimate of drug-likeness (QED) is 0.0724. The summed E-state index contributed by atoms with van der Waals surface area (Å²) in [4.78, 5) is 11.9. The Labute approximate surface area is 302 Å². The van der Waals surface area contributed by atoms with E-state index in [1.165, 1.54) is 18.6 Å². The fraction of sp³-hybridized carbons (Fsp3) is 0.970. The molecule has 0 saturated carbocycles. The molecule has 1 aliphatic rings. The van der Waals surface area contributed by atoms with Gasteiger partial charge in [0.1, 0.15) is 0 Å². The van der Waals surface area contributed by atoms with E-state index in [4.69, 9.17) is 56.8 Å². The van der Waals surface area contributed by atoms with Gasteiger partial charge in [-0.1, -0.05) is 28.0 Å². The Morgan fingerprint density at radius 2 is 0.857 bits per heavy atom. The SMILES string of the molecule is COCCOCCOCCOCCOCCOCCOCCOCCOCCOCCOCCOCCNC(=O)CCCCC1CCSS1. The van der Waals surface area contributed by atoms with Crippen LogP contribution in [0.4, 0.5) is 0 Å². The number of hydrogen-bond acceptors (Lipinski definition) is 15. The van der Waals surface area contributed by atoms with Gasteiger partial charge in [0.05, 0.1) is 152 Å². The Morgan fingerprint density at radius 1 is 0.510 bits per heavy atom. The van der Waals surface area contributed by atoms with Gasteiger partial charge in [-0.15, -0.1) is 0 Å². The van der Waals surface area contributed by atoms with Crippen LogP contribution < -0.4 is 5.32 Å². The third-order valence-electron chi connectivity index (χ3n) is 6.63. The summed E-state index contributed by atoms with van der Waals surface area (Å²) in [6.45, 7) is 12.5. The van der Waals surface area contributed by atoms with Crippen molar-refractivity contribution in [1.82, 2.24) is 5.32 Å². The molecule has 0 radical (unpaired) electrons. The van der Waals surface area contributed by atoms with Crippen molar-refractivity contribution < 1.29 is 61.6 Å². The maximum atomic E-state index is 11.9. The molecule has 0 aliphatic carbocycles. The number of nitrogens with one attached hydrogen (secondary N) is 1. The molecule has 16 heteroatoms. The summed E-state index contributed by atoms with van der Waals surface area (Å²) in [6, 6.07) is 0. The minimum Gasteiger partial charge on any atom is -0.382 e. The van der Waals surface area contributed by atoms with E-state index in [1.807, 2.05) is 21.6 Å². The molecule has 0 aromatic rings. The Balaban J connectivity index is 1.61. The molecule has 1 fully saturated rings. The summed E-state index contributed by atoms with van der Waals surface area (Å²) < 4.78 is 64.9. The van der Waals surface area contributed by atoms with Gasteiger partial charge in [-0.05, 0) is 19.3 Å². The van der Waals surface area contributed by atoms with Crippen molar-refractivity contribution in [2.24, 2.45) is 0 Å². The summed E-state index contributed by atoms with van der Waals surface area (Å²) in [5.41, 5.74) is 0. The average molecular weight is 748 g/mol. The Kier molecular flexibility index (Phi) is 38.6. The third-order valence-corrected chi connectivity index (χ3v) is 9.63. The van der Waals surface area contributed by atoms with Gasteiger partial charge in [-0.2, -0.15) is 0 Å². The molecule has 1 atom stereocenters. The predicted molar refractivity (Wildman–Crippen MR) is 191 cm³/mol. The number of carbonyl (C=O) groups excluding carboxylic acids is 1. The van der Waals surface area contributed by atoms with Gasteiger partial charge in [0, 0.05) is 31.1 Å². The molecule has 1 rings (SSSR count). The molecule has 49 heavy (non-hydrogen) atoms. The normalized spacial score (nSPS) is 14.6.